The molecule has 1 rings (SSSR count). The summed E-state index contributed by atoms with van der Waals surface area (Å²) >= 11 is 0. The highest BCUT2D eigenvalue weighted by Gasteiger charge is 2.50. The van der Waals surface area contributed by atoms with Crippen LogP contribution in [-0.4, -0.2) is 35.5 Å². The minimum Gasteiger partial charge on any atom is -0.459 e. The molecule has 0 amide bonds. The highest BCUT2D eigenvalue weighted by molar-refractivity contribution is 5.66. The summed E-state index contributed by atoms with van der Waals surface area (Å²) in [6.07, 6.45) is -0.910. The first-order valence-corrected chi connectivity index (χ1v) is 5.57. The fourth-order valence-corrected chi connectivity index (χ4v) is 2.23. The summed E-state index contributed by atoms with van der Waals surface area (Å²) in [5.41, 5.74) is -0.0227. The second kappa shape index (κ2) is 5.16. The van der Waals surface area contributed by atoms with Crippen molar-refractivity contribution in [1.82, 2.24) is 0 Å². The van der Waals surface area contributed by atoms with Gasteiger partial charge in [-0.1, -0.05) is 6.58 Å². The number of ether oxygens (including phenoxy) is 1. The molecule has 5 nitrogen and oxygen atoms in total. The summed E-state index contributed by atoms with van der Waals surface area (Å²) in [6.45, 7) is 10.3. The molecule has 0 saturated carbocycles. The van der Waals surface area contributed by atoms with E-state index < -0.39 is 11.7 Å². The van der Waals surface area contributed by atoms with Gasteiger partial charge in [0.25, 0.3) is 0 Å². The Morgan fingerprint density at radius 1 is 1.41 bits per heavy atom. The normalized spacial score (nSPS) is 29.1. The van der Waals surface area contributed by atoms with Crippen molar-refractivity contribution in [1.29, 1.82) is 0 Å². The quantitative estimate of drug-likeness (QED) is 0.457. The summed E-state index contributed by atoms with van der Waals surface area (Å²) < 4.78 is 5.28. The van der Waals surface area contributed by atoms with Crippen molar-refractivity contribution in [2.24, 2.45) is 5.92 Å². The molecule has 0 radical (unpaired) electrons. The maximum Gasteiger partial charge on any atom is 0.303 e. The van der Waals surface area contributed by atoms with E-state index in [2.05, 4.69) is 6.58 Å². The lowest BCUT2D eigenvalue weighted by Gasteiger charge is -2.34. The molecule has 0 aliphatic carbocycles. The zero-order valence-corrected chi connectivity index (χ0v) is 10.7. The number of aliphatic hydroxyl groups is 1. The van der Waals surface area contributed by atoms with Gasteiger partial charge in [-0.15, -0.1) is 0 Å². The van der Waals surface area contributed by atoms with Crippen LogP contribution in [-0.2, 0) is 19.3 Å². The molecule has 0 aromatic carbocycles. The van der Waals surface area contributed by atoms with Crippen molar-refractivity contribution in [3.05, 3.63) is 12.2 Å². The van der Waals surface area contributed by atoms with Crippen LogP contribution >= 0.6 is 0 Å². The molecule has 98 valence electrons. The number of hydrogen-bond donors (Lipinski definition) is 1. The van der Waals surface area contributed by atoms with Crippen LogP contribution in [0, 0.1) is 5.92 Å². The van der Waals surface area contributed by atoms with Crippen LogP contribution < -0.4 is 0 Å². The molecule has 0 bridgehead atoms. The molecule has 3 atom stereocenters. The number of hydrogen-bond acceptors (Lipinski definition) is 5. The van der Waals surface area contributed by atoms with Crippen molar-refractivity contribution >= 4 is 5.97 Å². The van der Waals surface area contributed by atoms with E-state index >= 15 is 0 Å². The fraction of sp³-hybridized carbons (Fsp3) is 0.750. The third-order valence-electron chi connectivity index (χ3n) is 2.88. The molecule has 0 spiro atoms. The fourth-order valence-electron chi connectivity index (χ4n) is 2.23. The lowest BCUT2D eigenvalue weighted by atomic mass is 9.80. The highest BCUT2D eigenvalue weighted by Crippen LogP contribution is 2.38. The largest absolute Gasteiger partial charge is 0.459 e. The second-order valence-corrected chi connectivity index (χ2v) is 4.90. The van der Waals surface area contributed by atoms with Gasteiger partial charge in [-0.25, -0.2) is 9.78 Å². The minimum absolute atomic E-state index is 0.195. The Labute approximate surface area is 101 Å². The van der Waals surface area contributed by atoms with E-state index in [1.54, 1.807) is 13.8 Å². The summed E-state index contributed by atoms with van der Waals surface area (Å²) in [5, 5.41) is 9.26. The van der Waals surface area contributed by atoms with E-state index in [1.807, 2.05) is 6.92 Å². The number of esters is 1. The van der Waals surface area contributed by atoms with Gasteiger partial charge in [-0.3, -0.25) is 4.79 Å². The standard InChI is InChI=1S/C12H20O5/c1-7(2)11-10(9(6-13)16-17-11)12(4,5)15-8(3)14/h9-11,13H,1,6H2,2-5H3/t9-,10-,11+/m0/s1. The first-order valence-electron chi connectivity index (χ1n) is 5.57. The Morgan fingerprint density at radius 3 is 2.41 bits per heavy atom. The van der Waals surface area contributed by atoms with E-state index in [0.717, 1.165) is 5.57 Å². The zero-order valence-electron chi connectivity index (χ0n) is 10.7. The van der Waals surface area contributed by atoms with Crippen molar-refractivity contribution in [2.45, 2.75) is 45.5 Å². The van der Waals surface area contributed by atoms with Gasteiger partial charge in [0.15, 0.2) is 0 Å². The summed E-state index contributed by atoms with van der Waals surface area (Å²) in [6, 6.07) is 0. The first kappa shape index (κ1) is 14.2. The number of aliphatic hydroxyl groups excluding tert-OH is 1. The Kier molecular flexibility index (Phi) is 4.30. The van der Waals surface area contributed by atoms with Crippen LogP contribution in [0.2, 0.25) is 0 Å². The van der Waals surface area contributed by atoms with Gasteiger partial charge in [0.2, 0.25) is 0 Å². The minimum atomic E-state index is -0.792. The predicted molar refractivity (Wildman–Crippen MR) is 61.0 cm³/mol. The molecule has 1 aliphatic heterocycles. The molecular formula is C12H20O5. The predicted octanol–water partition coefficient (Wildman–Crippen LogP) is 1.21. The number of carbonyl (C=O) groups is 1. The number of carbonyl (C=O) groups excluding carboxylic acids is 1. The number of rotatable bonds is 4. The average molecular weight is 244 g/mol. The lowest BCUT2D eigenvalue weighted by Crippen LogP contribution is -2.46. The van der Waals surface area contributed by atoms with Crippen LogP contribution in [0.15, 0.2) is 12.2 Å². The molecule has 1 fully saturated rings. The Bertz CT molecular complexity index is 310. The molecule has 1 aliphatic rings. The van der Waals surface area contributed by atoms with Crippen molar-refractivity contribution in [3.8, 4) is 0 Å². The molecule has 17 heavy (non-hydrogen) atoms. The third kappa shape index (κ3) is 3.06. The Balaban J connectivity index is 2.94. The van der Waals surface area contributed by atoms with Crippen LogP contribution in [0.25, 0.3) is 0 Å². The maximum atomic E-state index is 11.1. The van der Waals surface area contributed by atoms with Gasteiger partial charge in [0.05, 0.1) is 12.5 Å². The summed E-state index contributed by atoms with van der Waals surface area (Å²) in [7, 11) is 0. The average Bonchev–Trinajstić information content (AvgIpc) is 2.59. The van der Waals surface area contributed by atoms with Crippen LogP contribution in [0.5, 0.6) is 0 Å². The van der Waals surface area contributed by atoms with Crippen LogP contribution in [0.1, 0.15) is 27.7 Å². The molecule has 5 heteroatoms. The van der Waals surface area contributed by atoms with E-state index in [1.165, 1.54) is 6.92 Å². The van der Waals surface area contributed by atoms with E-state index in [-0.39, 0.29) is 24.6 Å². The molecule has 0 aromatic heterocycles. The lowest BCUT2D eigenvalue weighted by molar-refractivity contribution is -0.294. The maximum absolute atomic E-state index is 11.1. The van der Waals surface area contributed by atoms with Crippen molar-refractivity contribution < 1.29 is 24.4 Å². The molecular weight excluding hydrogens is 224 g/mol. The van der Waals surface area contributed by atoms with E-state index in [4.69, 9.17) is 14.5 Å². The van der Waals surface area contributed by atoms with Crippen molar-refractivity contribution in [2.75, 3.05) is 6.61 Å². The summed E-state index contributed by atoms with van der Waals surface area (Å²) in [5.74, 6) is -0.659. The molecule has 0 unspecified atom stereocenters. The topological polar surface area (TPSA) is 65.0 Å². The van der Waals surface area contributed by atoms with E-state index in [0.29, 0.717) is 0 Å². The van der Waals surface area contributed by atoms with E-state index in [9.17, 15) is 9.90 Å². The SMILES string of the molecule is C=C(C)[C@H]1OO[C@@H](CO)[C@@H]1C(C)(C)OC(C)=O. The Hall–Kier alpha value is -0.910. The molecule has 1 N–H and O–H groups in total. The van der Waals surface area contributed by atoms with Gasteiger partial charge >= 0.3 is 5.97 Å². The zero-order chi connectivity index (χ0) is 13.2. The first-order chi connectivity index (χ1) is 7.79. The third-order valence-corrected chi connectivity index (χ3v) is 2.88. The van der Waals surface area contributed by atoms with Crippen LogP contribution in [0.4, 0.5) is 0 Å². The monoisotopic (exact) mass is 244 g/mol. The van der Waals surface area contributed by atoms with Gasteiger partial charge in [-0.2, -0.15) is 0 Å². The molecule has 1 heterocycles. The molecule has 0 aromatic rings. The second-order valence-electron chi connectivity index (χ2n) is 4.90. The molecule has 1 saturated heterocycles. The van der Waals surface area contributed by atoms with Crippen LogP contribution in [0.3, 0.4) is 0 Å². The van der Waals surface area contributed by atoms with Crippen molar-refractivity contribution in [3.63, 3.8) is 0 Å². The van der Waals surface area contributed by atoms with Gasteiger partial charge in [-0.05, 0) is 26.3 Å². The van der Waals surface area contributed by atoms with Gasteiger partial charge in [0, 0.05) is 6.92 Å². The Morgan fingerprint density at radius 2 is 2.00 bits per heavy atom. The van der Waals surface area contributed by atoms with Gasteiger partial charge < -0.3 is 9.84 Å². The summed E-state index contributed by atoms with van der Waals surface area (Å²) in [4.78, 5) is 21.3. The smallest absolute Gasteiger partial charge is 0.303 e. The highest BCUT2D eigenvalue weighted by atomic mass is 17.2. The van der Waals surface area contributed by atoms with Gasteiger partial charge in [0.1, 0.15) is 17.8 Å².